The summed E-state index contributed by atoms with van der Waals surface area (Å²) in [7, 11) is 2.25. The van der Waals surface area contributed by atoms with Crippen molar-refractivity contribution in [3.05, 3.63) is 399 Å². The van der Waals surface area contributed by atoms with Crippen LogP contribution in [-0.4, -0.2) is 34.5 Å². The van der Waals surface area contributed by atoms with E-state index in [0.29, 0.717) is 34.9 Å². The van der Waals surface area contributed by atoms with Gasteiger partial charge in [0.15, 0.2) is 34.9 Å². The van der Waals surface area contributed by atoms with Crippen molar-refractivity contribution in [1.82, 2.24) is 34.5 Å². The average Bonchev–Trinajstić information content (AvgIpc) is 1.56. The second kappa shape index (κ2) is 30.9. The van der Waals surface area contributed by atoms with Crippen molar-refractivity contribution in [2.24, 2.45) is 7.05 Å². The number of rotatable bonds is 16. The topological polar surface area (TPSA) is 82.3 Å². The Balaban J connectivity index is 0.849. The number of hydrogen-bond donors (Lipinski definition) is 0. The molecule has 0 saturated heterocycles. The predicted molar refractivity (Wildman–Crippen MR) is 492 cm³/mol. The Morgan fingerprint density at radius 1 is 0.169 bits per heavy atom. The van der Waals surface area contributed by atoms with Crippen molar-refractivity contribution in [2.45, 2.75) is 52.4 Å². The van der Waals surface area contributed by atoms with Crippen LogP contribution in [-0.2, 0) is 17.9 Å². The Kier molecular flexibility index (Phi) is 19.3. The van der Waals surface area contributed by atoms with Crippen molar-refractivity contribution >= 4 is 21.8 Å². The third-order valence-electron chi connectivity index (χ3n) is 22.7. The highest BCUT2D eigenvalue weighted by atomic mass is 15.0. The van der Waals surface area contributed by atoms with Gasteiger partial charge >= 0.3 is 0 Å². The molecule has 118 heavy (non-hydrogen) atoms. The molecule has 0 amide bonds. The summed E-state index contributed by atoms with van der Waals surface area (Å²) in [6.45, 7) is 13.9. The molecule has 0 radical (unpaired) electrons. The van der Waals surface area contributed by atoms with Gasteiger partial charge in [-0.1, -0.05) is 333 Å². The van der Waals surface area contributed by atoms with Crippen LogP contribution < -0.4 is 0 Å². The lowest BCUT2D eigenvalue weighted by atomic mass is 9.82. The van der Waals surface area contributed by atoms with Crippen LogP contribution in [0.5, 0.6) is 0 Å². The van der Waals surface area contributed by atoms with E-state index in [1.54, 1.807) is 0 Å². The van der Waals surface area contributed by atoms with Crippen LogP contribution in [0.1, 0.15) is 52.7 Å². The molecule has 0 aliphatic heterocycles. The van der Waals surface area contributed by atoms with E-state index in [1.165, 1.54) is 11.1 Å². The van der Waals surface area contributed by atoms with Gasteiger partial charge in [-0.2, -0.15) is 0 Å². The molecule has 3 heterocycles. The molecule has 0 fully saturated rings. The molecule has 19 aromatic rings. The summed E-state index contributed by atoms with van der Waals surface area (Å²) >= 11 is 0. The Labute approximate surface area is 690 Å². The third kappa shape index (κ3) is 14.7. The molecule has 0 saturated carbocycles. The van der Waals surface area contributed by atoms with Crippen LogP contribution in [0.3, 0.4) is 0 Å². The Morgan fingerprint density at radius 3 is 0.551 bits per heavy atom. The highest BCUT2D eigenvalue weighted by molar-refractivity contribution is 6.18. The summed E-state index contributed by atoms with van der Waals surface area (Å²) in [5.41, 5.74) is 30.4. The molecule has 0 aliphatic carbocycles. The molecule has 7 nitrogen and oxygen atoms in total. The van der Waals surface area contributed by atoms with Crippen molar-refractivity contribution in [3.8, 4) is 180 Å². The van der Waals surface area contributed by atoms with E-state index >= 15 is 0 Å². The quantitative estimate of drug-likeness (QED) is 0.0959. The fraction of sp³-hybridized carbons (Fsp3) is 0.0811. The number of hydrogen-bond acceptors (Lipinski definition) is 6. The summed E-state index contributed by atoms with van der Waals surface area (Å²) in [5.74, 6) is 3.32. The van der Waals surface area contributed by atoms with Gasteiger partial charge in [-0.05, 0) is 219 Å². The maximum absolute atomic E-state index is 5.74. The van der Waals surface area contributed by atoms with Gasteiger partial charge in [-0.25, -0.2) is 29.9 Å². The zero-order valence-electron chi connectivity index (χ0n) is 67.1. The fourth-order valence-corrected chi connectivity index (χ4v) is 16.5. The minimum absolute atomic E-state index is 0.288. The standard InChI is InChI=1S/C111H85N7/c1-110(2,3)92-68-98(94-52-32-34-54-96(94)108-114-104(88-60-80(72-36-16-8-17-37-72)56-81(61-88)73-38-18-9-19-39-73)112-105(115-108)89-62-82(74-40-20-10-21-41-74)57-83(63-89)75-42-22-11-23-43-75)102-100(70-92)101-71-93(111(4,5)6)69-99(103(101)118(102)7)95-53-33-35-55-97(95)109-116-106(90-64-84(76-44-24-12-25-45-76)58-85(65-90)77-46-26-13-27-47-77)113-107(117-109)91-66-86(78-48-28-14-29-49-78)59-87(67-91)79-50-30-15-31-51-79/h8-71H,1-7H3. The van der Waals surface area contributed by atoms with Crippen LogP contribution in [0.25, 0.3) is 201 Å². The van der Waals surface area contributed by atoms with E-state index in [9.17, 15) is 0 Å². The molecule has 0 bridgehead atoms. The third-order valence-corrected chi connectivity index (χ3v) is 22.7. The molecule has 0 N–H and O–H groups in total. The molecule has 19 rings (SSSR count). The smallest absolute Gasteiger partial charge is 0.164 e. The van der Waals surface area contributed by atoms with Gasteiger partial charge in [0, 0.05) is 62.3 Å². The number of aryl methyl sites for hydroxylation is 1. The maximum atomic E-state index is 5.74. The molecular weight excluding hydrogens is 1430 g/mol. The number of benzene rings is 16. The maximum Gasteiger partial charge on any atom is 0.164 e. The van der Waals surface area contributed by atoms with Gasteiger partial charge < -0.3 is 4.57 Å². The molecule has 0 atom stereocenters. The first-order valence-corrected chi connectivity index (χ1v) is 40.5. The van der Waals surface area contributed by atoms with E-state index in [0.717, 1.165) is 166 Å². The van der Waals surface area contributed by atoms with Gasteiger partial charge in [0.1, 0.15) is 0 Å². The second-order valence-electron chi connectivity index (χ2n) is 32.7. The van der Waals surface area contributed by atoms with Crippen molar-refractivity contribution < 1.29 is 0 Å². The van der Waals surface area contributed by atoms with Crippen LogP contribution in [0.15, 0.2) is 388 Å². The highest BCUT2D eigenvalue weighted by Gasteiger charge is 2.29. The zero-order valence-corrected chi connectivity index (χ0v) is 67.1. The van der Waals surface area contributed by atoms with Crippen molar-refractivity contribution in [2.75, 3.05) is 0 Å². The van der Waals surface area contributed by atoms with Gasteiger partial charge in [0.05, 0.1) is 11.0 Å². The lowest BCUT2D eigenvalue weighted by Gasteiger charge is -2.22. The Morgan fingerprint density at radius 2 is 0.347 bits per heavy atom. The molecule has 16 aromatic carbocycles. The summed E-state index contributed by atoms with van der Waals surface area (Å²) in [6.07, 6.45) is 0. The first-order valence-electron chi connectivity index (χ1n) is 40.5. The molecule has 7 heteroatoms. The first kappa shape index (κ1) is 73.5. The second-order valence-corrected chi connectivity index (χ2v) is 32.7. The monoisotopic (exact) mass is 1520 g/mol. The van der Waals surface area contributed by atoms with E-state index in [1.807, 2.05) is 0 Å². The van der Waals surface area contributed by atoms with E-state index < -0.39 is 0 Å². The van der Waals surface area contributed by atoms with Gasteiger partial charge in [-0.3, -0.25) is 0 Å². The van der Waals surface area contributed by atoms with Crippen LogP contribution in [0.4, 0.5) is 0 Å². The highest BCUT2D eigenvalue weighted by Crippen LogP contribution is 2.49. The SMILES string of the molecule is Cn1c2c(-c3ccccc3-c3nc(-c4cc(-c5ccccc5)cc(-c5ccccc5)c4)nc(-c4cc(-c5ccccc5)cc(-c5ccccc5)c4)n3)cc(C(C)(C)C)cc2c2cc(C(C)(C)C)cc(-c3ccccc3-c3nc(-c4cc(-c5ccccc5)cc(-c5ccccc5)c4)nc(-c4cc(-c5ccccc5)cc(-c5ccccc5)c4)n3)c21. The van der Waals surface area contributed by atoms with Crippen molar-refractivity contribution in [3.63, 3.8) is 0 Å². The fourth-order valence-electron chi connectivity index (χ4n) is 16.5. The molecular formula is C111H85N7. The van der Waals surface area contributed by atoms with Crippen LogP contribution >= 0.6 is 0 Å². The Bertz CT molecular complexity index is 6010. The van der Waals surface area contributed by atoms with Gasteiger partial charge in [0.25, 0.3) is 0 Å². The Hall–Kier alpha value is -14.7. The first-order chi connectivity index (χ1) is 57.6. The van der Waals surface area contributed by atoms with E-state index in [-0.39, 0.29) is 10.8 Å². The number of nitrogens with zero attached hydrogens (tertiary/aromatic N) is 7. The van der Waals surface area contributed by atoms with E-state index in [4.69, 9.17) is 29.9 Å². The molecule has 0 unspecified atom stereocenters. The van der Waals surface area contributed by atoms with Gasteiger partial charge in [-0.15, -0.1) is 0 Å². The molecule has 0 spiro atoms. The largest absolute Gasteiger partial charge is 0.343 e. The zero-order chi connectivity index (χ0) is 80.0. The van der Waals surface area contributed by atoms with Crippen LogP contribution in [0, 0.1) is 0 Å². The lowest BCUT2D eigenvalue weighted by molar-refractivity contribution is 0.590. The van der Waals surface area contributed by atoms with Crippen LogP contribution in [0.2, 0.25) is 0 Å². The average molecular weight is 1520 g/mol. The molecule has 564 valence electrons. The summed E-state index contributed by atoms with van der Waals surface area (Å²) in [5, 5.41) is 2.28. The minimum Gasteiger partial charge on any atom is -0.343 e. The van der Waals surface area contributed by atoms with Gasteiger partial charge in [0.2, 0.25) is 0 Å². The van der Waals surface area contributed by atoms with Crippen molar-refractivity contribution in [1.29, 1.82) is 0 Å². The van der Waals surface area contributed by atoms with E-state index in [2.05, 4.69) is 441 Å². The number of aromatic nitrogens is 7. The molecule has 3 aromatic heterocycles. The molecule has 0 aliphatic rings. The number of fused-ring (bicyclic) bond motifs is 3. The normalized spacial score (nSPS) is 11.7. The predicted octanol–water partition coefficient (Wildman–Crippen LogP) is 29.0. The summed E-state index contributed by atoms with van der Waals surface area (Å²) < 4.78 is 2.44. The summed E-state index contributed by atoms with van der Waals surface area (Å²) in [6, 6.07) is 139. The lowest BCUT2D eigenvalue weighted by Crippen LogP contribution is -2.11. The minimum atomic E-state index is -0.288. The summed E-state index contributed by atoms with van der Waals surface area (Å²) in [4.78, 5) is 34.2.